The highest BCUT2D eigenvalue weighted by atomic mass is 14.3. The molecule has 0 aliphatic carbocycles. The summed E-state index contributed by atoms with van der Waals surface area (Å²) in [5, 5.41) is 21.5. The van der Waals surface area contributed by atoms with Crippen LogP contribution >= 0.6 is 0 Å². The van der Waals surface area contributed by atoms with Crippen LogP contribution in [0.1, 0.15) is 132 Å². The summed E-state index contributed by atoms with van der Waals surface area (Å²) in [7, 11) is 0. The van der Waals surface area contributed by atoms with Gasteiger partial charge < -0.3 is 0 Å². The molecule has 0 nitrogen and oxygen atoms in total. The highest BCUT2D eigenvalue weighted by Gasteiger charge is 2.27. The van der Waals surface area contributed by atoms with Crippen LogP contribution in [-0.2, 0) is 27.1 Å². The Bertz CT molecular complexity index is 3930. The van der Waals surface area contributed by atoms with Crippen molar-refractivity contribution in [2.24, 2.45) is 0 Å². The molecule has 12 rings (SSSR count). The first-order chi connectivity index (χ1) is 34.8. The average molecular weight is 963 g/mol. The van der Waals surface area contributed by atoms with Gasteiger partial charge in [0.05, 0.1) is 0 Å². The first-order valence-corrected chi connectivity index (χ1v) is 27.1. The van der Waals surface area contributed by atoms with E-state index in [2.05, 4.69) is 280 Å². The van der Waals surface area contributed by atoms with Crippen LogP contribution in [0.2, 0.25) is 0 Å². The van der Waals surface area contributed by atoms with Gasteiger partial charge in [0.1, 0.15) is 0 Å². The fourth-order valence-electron chi connectivity index (χ4n) is 11.6. The Balaban J connectivity index is 0.000000159. The fraction of sp³-hybridized carbons (Fsp3) is 0.270. The third-order valence-electron chi connectivity index (χ3n) is 16.1. The van der Waals surface area contributed by atoms with E-state index in [1.54, 1.807) is 0 Å². The topological polar surface area (TPSA) is 0 Å². The van der Waals surface area contributed by atoms with E-state index in [4.69, 9.17) is 0 Å². The van der Waals surface area contributed by atoms with Gasteiger partial charge in [0, 0.05) is 0 Å². The number of hydrogen-bond donors (Lipinski definition) is 0. The lowest BCUT2D eigenvalue weighted by Gasteiger charge is -2.28. The van der Waals surface area contributed by atoms with Crippen LogP contribution in [0.3, 0.4) is 0 Å². The summed E-state index contributed by atoms with van der Waals surface area (Å²) in [4.78, 5) is 0. The van der Waals surface area contributed by atoms with Gasteiger partial charge in [0.25, 0.3) is 0 Å². The minimum atomic E-state index is 0.0591. The molecule has 370 valence electrons. The van der Waals surface area contributed by atoms with Gasteiger partial charge >= 0.3 is 0 Å². The minimum Gasteiger partial charge on any atom is -0.0616 e. The number of fused-ring (bicyclic) bond motifs is 6. The predicted octanol–water partition coefficient (Wildman–Crippen LogP) is 21.9. The molecule has 0 heteroatoms. The monoisotopic (exact) mass is 963 g/mol. The molecule has 0 fully saturated rings. The molecule has 0 saturated carbocycles. The van der Waals surface area contributed by atoms with Crippen molar-refractivity contribution in [1.29, 1.82) is 0 Å². The van der Waals surface area contributed by atoms with Crippen molar-refractivity contribution in [2.75, 3.05) is 0 Å². The third kappa shape index (κ3) is 8.69. The fourth-order valence-corrected chi connectivity index (χ4v) is 11.6. The number of rotatable bonds is 2. The summed E-state index contributed by atoms with van der Waals surface area (Å²) in [6.07, 6.45) is 0. The Labute approximate surface area is 440 Å². The molecule has 74 heavy (non-hydrogen) atoms. The summed E-state index contributed by atoms with van der Waals surface area (Å²) in [6, 6.07) is 67.0. The third-order valence-corrected chi connectivity index (χ3v) is 16.1. The first-order valence-electron chi connectivity index (χ1n) is 27.1. The standard InChI is InChI=1S/C38H30.C36H44/c1-38(2,3)31-20-21-34-35(24-31)37(30-19-17-26-11-5-7-13-28(26)23-30)33-15-9-8-14-32(33)36(34)29-18-16-25-10-4-6-12-27(25)22-29;1-33(2,3)23-13-21-14-24(34(4,5)6)19-29-30-20-26(36(10,11)12)16-22-15-25(35(7,8)9)18-28(32(22)30)27(17-23)31(21)29/h4-24H,1-3H3;13-20H,1-12H3. The quantitative estimate of drug-likeness (QED) is 0.120. The van der Waals surface area contributed by atoms with E-state index in [0.717, 1.165) is 0 Å². The van der Waals surface area contributed by atoms with E-state index < -0.39 is 0 Å². The van der Waals surface area contributed by atoms with Gasteiger partial charge in [-0.25, -0.2) is 0 Å². The summed E-state index contributed by atoms with van der Waals surface area (Å²) in [6.45, 7) is 34.9. The summed E-state index contributed by atoms with van der Waals surface area (Å²) < 4.78 is 0. The van der Waals surface area contributed by atoms with Gasteiger partial charge in [-0.15, -0.1) is 0 Å². The van der Waals surface area contributed by atoms with Gasteiger partial charge in [0.15, 0.2) is 0 Å². The Hall–Kier alpha value is -7.02. The zero-order valence-electron chi connectivity index (χ0n) is 46.7. The van der Waals surface area contributed by atoms with Crippen molar-refractivity contribution >= 4 is 86.2 Å². The van der Waals surface area contributed by atoms with Crippen LogP contribution in [0.25, 0.3) is 108 Å². The van der Waals surface area contributed by atoms with Crippen LogP contribution < -0.4 is 0 Å². The molecule has 0 aliphatic heterocycles. The molecule has 0 aromatic heterocycles. The van der Waals surface area contributed by atoms with Crippen molar-refractivity contribution in [3.8, 4) is 22.3 Å². The zero-order valence-corrected chi connectivity index (χ0v) is 46.7. The summed E-state index contributed by atoms with van der Waals surface area (Å²) in [5.41, 5.74) is 12.5. The van der Waals surface area contributed by atoms with Crippen LogP contribution in [0.4, 0.5) is 0 Å². The molecule has 0 N–H and O–H groups in total. The zero-order chi connectivity index (χ0) is 52.4. The molecule has 0 amide bonds. The van der Waals surface area contributed by atoms with Gasteiger partial charge in [-0.05, 0) is 206 Å². The highest BCUT2D eigenvalue weighted by molar-refractivity contribution is 6.33. The second kappa shape index (κ2) is 17.3. The Morgan fingerprint density at radius 1 is 0.203 bits per heavy atom. The molecular weight excluding hydrogens is 889 g/mol. The van der Waals surface area contributed by atoms with E-state index in [0.29, 0.717) is 0 Å². The van der Waals surface area contributed by atoms with Crippen LogP contribution in [0, 0.1) is 0 Å². The molecule has 12 aromatic carbocycles. The minimum absolute atomic E-state index is 0.0591. The molecule has 0 bridgehead atoms. The molecule has 0 aliphatic rings. The predicted molar refractivity (Wildman–Crippen MR) is 328 cm³/mol. The maximum Gasteiger partial charge on any atom is -0.00260 e. The second-order valence-corrected chi connectivity index (χ2v) is 26.7. The average Bonchev–Trinajstić information content (AvgIpc) is 3.35. The van der Waals surface area contributed by atoms with E-state index in [1.165, 1.54) is 136 Å². The lowest BCUT2D eigenvalue weighted by molar-refractivity contribution is 0.589. The molecule has 0 heterocycles. The molecule has 0 saturated heterocycles. The van der Waals surface area contributed by atoms with Gasteiger partial charge in [-0.3, -0.25) is 0 Å². The molecule has 12 aromatic rings. The van der Waals surface area contributed by atoms with Crippen LogP contribution in [0.15, 0.2) is 176 Å². The summed E-state index contributed by atoms with van der Waals surface area (Å²) in [5.74, 6) is 0. The smallest absolute Gasteiger partial charge is 0.00260 e. The van der Waals surface area contributed by atoms with Crippen molar-refractivity contribution in [3.63, 3.8) is 0 Å². The largest absolute Gasteiger partial charge is 0.0616 e. The SMILES string of the molecule is CC(C)(C)c1cc2cc(C(C)(C)C)cc3c4cc(C(C)(C)C)cc5cc(C(C)(C)C)cc(c(c1)c23)c54.CC(C)(C)c1ccc2c(-c3ccc4ccccc4c3)c3ccccc3c(-c3ccc4ccccc4c3)c2c1. The summed E-state index contributed by atoms with van der Waals surface area (Å²) >= 11 is 0. The van der Waals surface area contributed by atoms with Crippen molar-refractivity contribution in [2.45, 2.75) is 131 Å². The van der Waals surface area contributed by atoms with Gasteiger partial charge in [-0.1, -0.05) is 237 Å². The Morgan fingerprint density at radius 2 is 0.500 bits per heavy atom. The van der Waals surface area contributed by atoms with Crippen LogP contribution in [0.5, 0.6) is 0 Å². The van der Waals surface area contributed by atoms with E-state index >= 15 is 0 Å². The number of benzene rings is 12. The van der Waals surface area contributed by atoms with E-state index in [1.807, 2.05) is 0 Å². The first kappa shape index (κ1) is 49.2. The number of hydrogen-bond acceptors (Lipinski definition) is 0. The molecular formula is C74H74. The van der Waals surface area contributed by atoms with E-state index in [9.17, 15) is 0 Å². The lowest BCUT2D eigenvalue weighted by atomic mass is 9.76. The highest BCUT2D eigenvalue weighted by Crippen LogP contribution is 2.48. The molecule has 0 radical (unpaired) electrons. The van der Waals surface area contributed by atoms with Gasteiger partial charge in [-0.2, -0.15) is 0 Å². The second-order valence-electron chi connectivity index (χ2n) is 26.7. The lowest BCUT2D eigenvalue weighted by Crippen LogP contribution is -2.14. The molecule has 0 unspecified atom stereocenters. The van der Waals surface area contributed by atoms with Crippen molar-refractivity contribution in [1.82, 2.24) is 0 Å². The molecule has 0 spiro atoms. The Morgan fingerprint density at radius 3 is 0.851 bits per heavy atom. The van der Waals surface area contributed by atoms with Crippen molar-refractivity contribution in [3.05, 3.63) is 204 Å². The Kier molecular flexibility index (Phi) is 11.5. The van der Waals surface area contributed by atoms with Gasteiger partial charge in [0.2, 0.25) is 0 Å². The van der Waals surface area contributed by atoms with Crippen LogP contribution in [-0.4, -0.2) is 0 Å². The normalized spacial score (nSPS) is 13.1. The maximum atomic E-state index is 2.49. The van der Waals surface area contributed by atoms with Crippen molar-refractivity contribution < 1.29 is 0 Å². The van der Waals surface area contributed by atoms with E-state index in [-0.39, 0.29) is 27.1 Å². The maximum absolute atomic E-state index is 2.49. The molecule has 0 atom stereocenters.